The number of amides is 1. The maximum Gasteiger partial charge on any atom is 0.225 e. The minimum Gasteiger partial charge on any atom is -0.464 e. The third-order valence-electron chi connectivity index (χ3n) is 4.46. The van der Waals surface area contributed by atoms with Gasteiger partial charge < -0.3 is 9.32 Å². The SMILES string of the molecule is CN(C(=O)C1CC1)C1CC1c1cccc2occc12. The van der Waals surface area contributed by atoms with E-state index in [2.05, 4.69) is 6.07 Å². The Hall–Kier alpha value is -1.77. The minimum atomic E-state index is 0.316. The molecule has 1 amide bonds. The van der Waals surface area contributed by atoms with Gasteiger partial charge in [-0.1, -0.05) is 12.1 Å². The summed E-state index contributed by atoms with van der Waals surface area (Å²) in [7, 11) is 1.96. The molecule has 2 unspecified atom stereocenters. The summed E-state index contributed by atoms with van der Waals surface area (Å²) >= 11 is 0. The molecule has 3 heteroatoms. The molecule has 1 aromatic heterocycles. The maximum atomic E-state index is 12.1. The number of nitrogens with zero attached hydrogens (tertiary/aromatic N) is 1. The van der Waals surface area contributed by atoms with Crippen LogP contribution in [-0.4, -0.2) is 23.9 Å². The molecule has 3 nitrogen and oxygen atoms in total. The molecule has 19 heavy (non-hydrogen) atoms. The average molecular weight is 255 g/mol. The first-order chi connectivity index (χ1) is 9.25. The molecule has 0 spiro atoms. The van der Waals surface area contributed by atoms with Crippen LogP contribution in [0.1, 0.15) is 30.7 Å². The highest BCUT2D eigenvalue weighted by Crippen LogP contribution is 2.47. The van der Waals surface area contributed by atoms with Crippen molar-refractivity contribution in [2.24, 2.45) is 5.92 Å². The van der Waals surface area contributed by atoms with Gasteiger partial charge in [-0.25, -0.2) is 0 Å². The number of fused-ring (bicyclic) bond motifs is 1. The van der Waals surface area contributed by atoms with Crippen LogP contribution in [0.3, 0.4) is 0 Å². The van der Waals surface area contributed by atoms with Crippen molar-refractivity contribution in [2.45, 2.75) is 31.2 Å². The van der Waals surface area contributed by atoms with Gasteiger partial charge in [0.15, 0.2) is 0 Å². The topological polar surface area (TPSA) is 33.5 Å². The maximum absolute atomic E-state index is 12.1. The van der Waals surface area contributed by atoms with Gasteiger partial charge in [-0.3, -0.25) is 4.79 Å². The third-order valence-corrected chi connectivity index (χ3v) is 4.46. The number of likely N-dealkylation sites (N-methyl/N-ethyl adjacent to an activating group) is 1. The average Bonchev–Trinajstić information content (AvgIpc) is 3.33. The van der Waals surface area contributed by atoms with E-state index in [1.54, 1.807) is 6.26 Å². The standard InChI is InChI=1S/C16H17NO2/c1-17(16(18)10-5-6-10)14-9-13(14)11-3-2-4-15-12(11)7-8-19-15/h2-4,7-8,10,13-14H,5-6,9H2,1H3. The highest BCUT2D eigenvalue weighted by atomic mass is 16.3. The predicted molar refractivity (Wildman–Crippen MR) is 72.9 cm³/mol. The molecule has 98 valence electrons. The Morgan fingerprint density at radius 2 is 2.16 bits per heavy atom. The highest BCUT2D eigenvalue weighted by Gasteiger charge is 2.46. The zero-order chi connectivity index (χ0) is 13.0. The second-order valence-corrected chi connectivity index (χ2v) is 5.81. The Kier molecular flexibility index (Phi) is 2.25. The molecule has 1 aromatic carbocycles. The third kappa shape index (κ3) is 1.76. The van der Waals surface area contributed by atoms with Gasteiger partial charge >= 0.3 is 0 Å². The van der Waals surface area contributed by atoms with Gasteiger partial charge in [-0.15, -0.1) is 0 Å². The van der Waals surface area contributed by atoms with Crippen molar-refractivity contribution in [3.8, 4) is 0 Å². The van der Waals surface area contributed by atoms with Gasteiger partial charge in [0.05, 0.1) is 6.26 Å². The van der Waals surface area contributed by atoms with Gasteiger partial charge in [-0.2, -0.15) is 0 Å². The lowest BCUT2D eigenvalue weighted by atomic mass is 10.1. The van der Waals surface area contributed by atoms with Crippen LogP contribution in [-0.2, 0) is 4.79 Å². The second kappa shape index (κ2) is 3.86. The minimum absolute atomic E-state index is 0.316. The van der Waals surface area contributed by atoms with E-state index in [1.165, 1.54) is 10.9 Å². The molecule has 0 bridgehead atoms. The summed E-state index contributed by atoms with van der Waals surface area (Å²) in [4.78, 5) is 14.1. The van der Waals surface area contributed by atoms with E-state index in [0.717, 1.165) is 24.8 Å². The van der Waals surface area contributed by atoms with E-state index in [9.17, 15) is 4.79 Å². The lowest BCUT2D eigenvalue weighted by Gasteiger charge is -2.17. The Morgan fingerprint density at radius 3 is 2.95 bits per heavy atom. The van der Waals surface area contributed by atoms with Crippen molar-refractivity contribution >= 4 is 16.9 Å². The van der Waals surface area contributed by atoms with Gasteiger partial charge in [0, 0.05) is 30.3 Å². The van der Waals surface area contributed by atoms with E-state index in [-0.39, 0.29) is 0 Å². The molecule has 0 radical (unpaired) electrons. The fraction of sp³-hybridized carbons (Fsp3) is 0.438. The van der Waals surface area contributed by atoms with Crippen LogP contribution in [0.25, 0.3) is 11.0 Å². The first kappa shape index (κ1) is 11.1. The van der Waals surface area contributed by atoms with Crippen LogP contribution in [0.5, 0.6) is 0 Å². The van der Waals surface area contributed by atoms with Gasteiger partial charge in [-0.05, 0) is 37.0 Å². The first-order valence-electron chi connectivity index (χ1n) is 6.98. The molecule has 2 saturated carbocycles. The Balaban J connectivity index is 1.58. The summed E-state index contributed by atoms with van der Waals surface area (Å²) in [5.74, 6) is 1.14. The monoisotopic (exact) mass is 255 g/mol. The van der Waals surface area contributed by atoms with Crippen LogP contribution in [0.15, 0.2) is 34.9 Å². The molecule has 2 fully saturated rings. The predicted octanol–water partition coefficient (Wildman–Crippen LogP) is 3.16. The molecule has 4 rings (SSSR count). The summed E-state index contributed by atoms with van der Waals surface area (Å²) < 4.78 is 5.45. The van der Waals surface area contributed by atoms with Gasteiger partial charge in [0.25, 0.3) is 0 Å². The molecular formula is C16H17NO2. The zero-order valence-electron chi connectivity index (χ0n) is 11.0. The fourth-order valence-electron chi connectivity index (χ4n) is 3.07. The van der Waals surface area contributed by atoms with Crippen molar-refractivity contribution in [3.05, 3.63) is 36.1 Å². The molecule has 0 saturated heterocycles. The fourth-order valence-corrected chi connectivity index (χ4v) is 3.07. The lowest BCUT2D eigenvalue weighted by Crippen LogP contribution is -2.30. The van der Waals surface area contributed by atoms with E-state index in [4.69, 9.17) is 4.42 Å². The Labute approximate surface area is 112 Å². The summed E-state index contributed by atoms with van der Waals surface area (Å²) in [5.41, 5.74) is 2.27. The smallest absolute Gasteiger partial charge is 0.225 e. The number of carbonyl (C=O) groups excluding carboxylic acids is 1. The van der Waals surface area contributed by atoms with E-state index in [1.807, 2.05) is 30.1 Å². The Bertz CT molecular complexity index is 641. The van der Waals surface area contributed by atoms with E-state index >= 15 is 0 Å². The lowest BCUT2D eigenvalue weighted by molar-refractivity contribution is -0.131. The summed E-state index contributed by atoms with van der Waals surface area (Å²) in [5, 5.41) is 1.20. The molecule has 0 N–H and O–H groups in total. The molecular weight excluding hydrogens is 238 g/mol. The summed E-state index contributed by atoms with van der Waals surface area (Å²) in [6, 6.07) is 8.61. The highest BCUT2D eigenvalue weighted by molar-refractivity contribution is 5.84. The van der Waals surface area contributed by atoms with Crippen molar-refractivity contribution in [1.82, 2.24) is 4.90 Å². The number of rotatable bonds is 3. The van der Waals surface area contributed by atoms with Crippen molar-refractivity contribution in [1.29, 1.82) is 0 Å². The number of hydrogen-bond acceptors (Lipinski definition) is 2. The Morgan fingerprint density at radius 1 is 1.32 bits per heavy atom. The molecule has 2 aliphatic carbocycles. The number of benzene rings is 1. The van der Waals surface area contributed by atoms with Crippen LogP contribution >= 0.6 is 0 Å². The second-order valence-electron chi connectivity index (χ2n) is 5.81. The van der Waals surface area contributed by atoms with Crippen molar-refractivity contribution in [3.63, 3.8) is 0 Å². The quantitative estimate of drug-likeness (QED) is 0.844. The van der Waals surface area contributed by atoms with Crippen LogP contribution < -0.4 is 0 Å². The van der Waals surface area contributed by atoms with Crippen LogP contribution in [0, 0.1) is 5.92 Å². The van der Waals surface area contributed by atoms with Gasteiger partial charge in [0.2, 0.25) is 5.91 Å². The molecule has 1 heterocycles. The van der Waals surface area contributed by atoms with E-state index in [0.29, 0.717) is 23.8 Å². The van der Waals surface area contributed by atoms with Crippen molar-refractivity contribution in [2.75, 3.05) is 7.05 Å². The number of furan rings is 1. The van der Waals surface area contributed by atoms with Crippen molar-refractivity contribution < 1.29 is 9.21 Å². The van der Waals surface area contributed by atoms with Crippen LogP contribution in [0.2, 0.25) is 0 Å². The normalized spacial score (nSPS) is 25.5. The summed E-state index contributed by atoms with van der Waals surface area (Å²) in [6.07, 6.45) is 4.99. The number of carbonyl (C=O) groups is 1. The number of hydrogen-bond donors (Lipinski definition) is 0. The molecule has 0 aliphatic heterocycles. The molecule has 2 aliphatic rings. The van der Waals surface area contributed by atoms with Gasteiger partial charge in [0.1, 0.15) is 5.58 Å². The molecule has 2 aromatic rings. The summed E-state index contributed by atoms with van der Waals surface area (Å²) in [6.45, 7) is 0. The molecule has 2 atom stereocenters. The van der Waals surface area contributed by atoms with Crippen LogP contribution in [0.4, 0.5) is 0 Å². The largest absolute Gasteiger partial charge is 0.464 e. The zero-order valence-corrected chi connectivity index (χ0v) is 11.0. The van der Waals surface area contributed by atoms with E-state index < -0.39 is 0 Å². The first-order valence-corrected chi connectivity index (χ1v) is 6.98.